The maximum Gasteiger partial charge on any atom is 0.435 e. The van der Waals surface area contributed by atoms with Crippen molar-refractivity contribution in [3.05, 3.63) is 105 Å². The molecule has 2 amide bonds. The molecule has 0 spiro atoms. The molecule has 1 aliphatic heterocycles. The van der Waals surface area contributed by atoms with Gasteiger partial charge in [-0.1, -0.05) is 0 Å². The maximum atomic E-state index is 15.7. The fourth-order valence-corrected chi connectivity index (χ4v) is 7.05. The monoisotopic (exact) mass is 816 g/mol. The van der Waals surface area contributed by atoms with E-state index in [1.807, 2.05) is 0 Å². The van der Waals surface area contributed by atoms with Crippen LogP contribution in [0.5, 0.6) is 0 Å². The van der Waals surface area contributed by atoms with Gasteiger partial charge in [-0.3, -0.25) is 23.7 Å². The number of pyridine rings is 2. The van der Waals surface area contributed by atoms with Crippen LogP contribution in [-0.4, -0.2) is 73.7 Å². The number of nitrogens with zero attached hydrogens (tertiary/aromatic N) is 9. The van der Waals surface area contributed by atoms with Gasteiger partial charge in [0.2, 0.25) is 11.5 Å². The zero-order chi connectivity index (χ0) is 42.0. The highest BCUT2D eigenvalue weighted by Gasteiger charge is 2.40. The van der Waals surface area contributed by atoms with Crippen molar-refractivity contribution in [1.29, 1.82) is 0 Å². The summed E-state index contributed by atoms with van der Waals surface area (Å²) >= 11 is 0. The summed E-state index contributed by atoms with van der Waals surface area (Å²) in [6.45, 7) is -0.753. The minimum Gasteiger partial charge on any atom is -0.348 e. The van der Waals surface area contributed by atoms with Crippen LogP contribution in [0.4, 0.5) is 35.1 Å². The molecule has 0 radical (unpaired) electrons. The Kier molecular flexibility index (Phi) is 9.96. The van der Waals surface area contributed by atoms with Crippen LogP contribution in [0.3, 0.4) is 0 Å². The van der Waals surface area contributed by atoms with Crippen LogP contribution in [0.2, 0.25) is 0 Å². The standard InChI is InChI=1S/C37H32F8N10O3/c1-36(2,17-55-24(13-27(49-55)37(43,44)45)19-5-8-28(56)51(3)16-19)48-33(57)26(11-18-14-46-54(15-18)35(41)42)53-10-9-20-21(6-7-22(38)29(20)34(53)58)30-23(39)12-25-31(47-30)32(40)50-52(25)4/h5-8,12-16,26,35H,9-11,17H2,1-4H3,(H,48,57)/t26-/m1/s1. The van der Waals surface area contributed by atoms with Gasteiger partial charge in [-0.05, 0) is 55.7 Å². The van der Waals surface area contributed by atoms with Crippen molar-refractivity contribution in [1.82, 2.24) is 49.1 Å². The van der Waals surface area contributed by atoms with Gasteiger partial charge in [0.15, 0.2) is 11.5 Å². The third kappa shape index (κ3) is 7.42. The fourth-order valence-electron chi connectivity index (χ4n) is 7.05. The highest BCUT2D eigenvalue weighted by molar-refractivity contribution is 6.01. The van der Waals surface area contributed by atoms with E-state index in [0.29, 0.717) is 4.68 Å². The van der Waals surface area contributed by atoms with E-state index >= 15 is 8.78 Å². The van der Waals surface area contributed by atoms with E-state index in [2.05, 4.69) is 25.6 Å². The Morgan fingerprint density at radius 2 is 1.71 bits per heavy atom. The first-order valence-electron chi connectivity index (χ1n) is 17.5. The molecule has 58 heavy (non-hydrogen) atoms. The van der Waals surface area contributed by atoms with Gasteiger partial charge in [0.1, 0.15) is 23.1 Å². The molecular weight excluding hydrogens is 784 g/mol. The lowest BCUT2D eigenvalue weighted by Crippen LogP contribution is -2.58. The van der Waals surface area contributed by atoms with Crippen molar-refractivity contribution < 1.29 is 44.7 Å². The molecule has 0 unspecified atom stereocenters. The second kappa shape index (κ2) is 14.5. The zero-order valence-electron chi connectivity index (χ0n) is 31.0. The number of aromatic nitrogens is 8. The van der Waals surface area contributed by atoms with E-state index in [1.165, 1.54) is 56.9 Å². The molecular formula is C37H32F8N10O3. The van der Waals surface area contributed by atoms with Crippen LogP contribution < -0.4 is 10.9 Å². The lowest BCUT2D eigenvalue weighted by molar-refractivity contribution is -0.141. The van der Waals surface area contributed by atoms with Crippen LogP contribution >= 0.6 is 0 Å². The molecule has 6 aromatic rings. The first-order valence-corrected chi connectivity index (χ1v) is 17.5. The molecule has 13 nitrogen and oxygen atoms in total. The number of amides is 2. The molecule has 7 rings (SSSR count). The molecule has 6 heterocycles. The van der Waals surface area contributed by atoms with Gasteiger partial charge >= 0.3 is 12.7 Å². The Morgan fingerprint density at radius 3 is 2.38 bits per heavy atom. The number of carbonyl (C=O) groups excluding carboxylic acids is 2. The predicted octanol–water partition coefficient (Wildman–Crippen LogP) is 5.43. The van der Waals surface area contributed by atoms with Gasteiger partial charge in [0, 0.05) is 62.7 Å². The number of rotatable bonds is 10. The van der Waals surface area contributed by atoms with Crippen molar-refractivity contribution in [2.24, 2.45) is 14.1 Å². The number of hydrogen-bond acceptors (Lipinski definition) is 7. The van der Waals surface area contributed by atoms with Gasteiger partial charge in [-0.2, -0.15) is 36.5 Å². The Bertz CT molecular complexity index is 2660. The lowest BCUT2D eigenvalue weighted by atomic mass is 9.90. The van der Waals surface area contributed by atoms with E-state index in [9.17, 15) is 40.7 Å². The number of carbonyl (C=O) groups is 2. The lowest BCUT2D eigenvalue weighted by Gasteiger charge is -2.37. The molecule has 0 saturated heterocycles. The van der Waals surface area contributed by atoms with Crippen LogP contribution in [0.1, 0.15) is 47.6 Å². The van der Waals surface area contributed by atoms with Crippen molar-refractivity contribution in [3.63, 3.8) is 0 Å². The summed E-state index contributed by atoms with van der Waals surface area (Å²) in [5.74, 6) is -4.83. The normalized spacial score (nSPS) is 14.1. The minimum absolute atomic E-state index is 0.0147. The number of halogens is 8. The minimum atomic E-state index is -4.86. The van der Waals surface area contributed by atoms with E-state index in [1.54, 1.807) is 0 Å². The summed E-state index contributed by atoms with van der Waals surface area (Å²) in [7, 11) is 2.80. The number of fused-ring (bicyclic) bond motifs is 2. The fraction of sp³-hybridized carbons (Fsp3) is 0.324. The molecule has 21 heteroatoms. The molecule has 5 aromatic heterocycles. The molecule has 1 aliphatic rings. The van der Waals surface area contributed by atoms with Gasteiger partial charge in [-0.25, -0.2) is 18.4 Å². The van der Waals surface area contributed by atoms with Crippen LogP contribution in [-0.2, 0) is 44.5 Å². The van der Waals surface area contributed by atoms with Crippen molar-refractivity contribution in [3.8, 4) is 22.5 Å². The summed E-state index contributed by atoms with van der Waals surface area (Å²) in [4.78, 5) is 45.7. The molecule has 1 atom stereocenters. The molecule has 1 N–H and O–H groups in total. The molecule has 0 saturated carbocycles. The largest absolute Gasteiger partial charge is 0.435 e. The van der Waals surface area contributed by atoms with Gasteiger partial charge in [-0.15, -0.1) is 5.10 Å². The molecule has 304 valence electrons. The van der Waals surface area contributed by atoms with E-state index < -0.39 is 76.9 Å². The summed E-state index contributed by atoms with van der Waals surface area (Å²) < 4.78 is 118. The average molecular weight is 817 g/mol. The topological polar surface area (TPSA) is 138 Å². The van der Waals surface area contributed by atoms with Gasteiger partial charge in [0.25, 0.3) is 11.9 Å². The van der Waals surface area contributed by atoms with Crippen molar-refractivity contribution in [2.45, 2.75) is 57.5 Å². The highest BCUT2D eigenvalue weighted by atomic mass is 19.4. The maximum absolute atomic E-state index is 15.7. The second-order valence-corrected chi connectivity index (χ2v) is 14.4. The van der Waals surface area contributed by atoms with E-state index in [-0.39, 0.29) is 64.2 Å². The van der Waals surface area contributed by atoms with Gasteiger partial charge in [0.05, 0.1) is 35.1 Å². The van der Waals surface area contributed by atoms with Crippen molar-refractivity contribution in [2.75, 3.05) is 6.54 Å². The Morgan fingerprint density at radius 1 is 0.966 bits per heavy atom. The Balaban J connectivity index is 1.23. The zero-order valence-corrected chi connectivity index (χ0v) is 31.0. The summed E-state index contributed by atoms with van der Waals surface area (Å²) in [5.41, 5.74) is -3.96. The van der Waals surface area contributed by atoms with Crippen molar-refractivity contribution >= 4 is 22.8 Å². The number of benzene rings is 1. The molecule has 0 fully saturated rings. The first-order chi connectivity index (χ1) is 27.2. The summed E-state index contributed by atoms with van der Waals surface area (Å²) in [6.07, 6.45) is -2.09. The number of aryl methyl sites for hydroxylation is 2. The average Bonchev–Trinajstić information content (AvgIpc) is 3.86. The highest BCUT2D eigenvalue weighted by Crippen LogP contribution is 2.36. The van der Waals surface area contributed by atoms with Gasteiger partial charge < -0.3 is 14.8 Å². The van der Waals surface area contributed by atoms with Crippen LogP contribution in [0, 0.1) is 17.6 Å². The van der Waals surface area contributed by atoms with E-state index in [0.717, 1.165) is 44.9 Å². The third-order valence-electron chi connectivity index (χ3n) is 9.75. The van der Waals surface area contributed by atoms with E-state index in [4.69, 9.17) is 0 Å². The number of nitrogens with one attached hydrogen (secondary N) is 1. The first kappa shape index (κ1) is 39.8. The molecule has 1 aromatic carbocycles. The Hall–Kier alpha value is -6.41. The number of alkyl halides is 5. The SMILES string of the molecule is Cn1cc(-c2cc(C(F)(F)F)nn2CC(C)(C)NC(=O)[C@@H](Cc2cnn(C(F)F)c2)N2CCc3c(-c4nc5c(F)nn(C)c5cc4F)ccc(F)c3C2=O)ccc1=O. The third-order valence-corrected chi connectivity index (χ3v) is 9.75. The number of hydrogen-bond donors (Lipinski definition) is 1. The Labute approximate surface area is 322 Å². The van der Waals surface area contributed by atoms with Crippen LogP contribution in [0.25, 0.3) is 33.5 Å². The molecule has 0 aliphatic carbocycles. The second-order valence-electron chi connectivity index (χ2n) is 14.4. The summed E-state index contributed by atoms with van der Waals surface area (Å²) in [5, 5.41) is 13.7. The smallest absolute Gasteiger partial charge is 0.348 e. The molecule has 0 bridgehead atoms. The quantitative estimate of drug-likeness (QED) is 0.182. The van der Waals surface area contributed by atoms with Crippen LogP contribution in [0.15, 0.2) is 59.8 Å². The predicted molar refractivity (Wildman–Crippen MR) is 190 cm³/mol. The summed E-state index contributed by atoms with van der Waals surface area (Å²) in [6, 6.07) is 4.84.